The molecule has 8 heteroatoms. The van der Waals surface area contributed by atoms with Crippen molar-refractivity contribution < 1.29 is 4.74 Å². The highest BCUT2D eigenvalue weighted by Crippen LogP contribution is 2.26. The Morgan fingerprint density at radius 1 is 1.10 bits per heavy atom. The van der Waals surface area contributed by atoms with Gasteiger partial charge in [-0.1, -0.05) is 58.7 Å². The van der Waals surface area contributed by atoms with Gasteiger partial charge in [0.25, 0.3) is 0 Å². The zero-order chi connectivity index (χ0) is 20.2. The van der Waals surface area contributed by atoms with Crippen molar-refractivity contribution in [2.45, 2.75) is 13.5 Å². The molecule has 0 fully saturated rings. The number of aromatic nitrogens is 5. The maximum absolute atomic E-state index is 6.26. The van der Waals surface area contributed by atoms with E-state index in [0.29, 0.717) is 21.4 Å². The summed E-state index contributed by atoms with van der Waals surface area (Å²) in [5.74, 6) is 0.739. The second kappa shape index (κ2) is 8.51. The average Bonchev–Trinajstić information content (AvgIpc) is 3.41. The van der Waals surface area contributed by atoms with Crippen LogP contribution in [0, 0.1) is 0 Å². The van der Waals surface area contributed by atoms with E-state index in [1.165, 1.54) is 0 Å². The molecule has 0 atom stereocenters. The van der Waals surface area contributed by atoms with Crippen LogP contribution in [0.25, 0.3) is 17.1 Å². The number of rotatable bonds is 6. The van der Waals surface area contributed by atoms with Crippen LogP contribution in [0.15, 0.2) is 73.4 Å². The second-order valence-corrected chi connectivity index (χ2v) is 7.13. The molecule has 146 valence electrons. The summed E-state index contributed by atoms with van der Waals surface area (Å²) in [5, 5.41) is 9.41. The highest BCUT2D eigenvalue weighted by atomic mass is 35.5. The normalized spacial score (nSPS) is 12.0. The average molecular weight is 426 g/mol. The zero-order valence-electron chi connectivity index (χ0n) is 15.5. The first-order valence-corrected chi connectivity index (χ1v) is 9.61. The Balaban J connectivity index is 1.59. The number of ether oxygens (including phenoxy) is 1. The maximum Gasteiger partial charge on any atom is 0.146 e. The molecule has 0 aliphatic carbocycles. The molecule has 2 heterocycles. The van der Waals surface area contributed by atoms with Gasteiger partial charge in [-0.3, -0.25) is 0 Å². The molecule has 0 unspecified atom stereocenters. The highest BCUT2D eigenvalue weighted by Gasteiger charge is 2.12. The quantitative estimate of drug-likeness (QED) is 0.391. The van der Waals surface area contributed by atoms with Crippen molar-refractivity contribution in [3.05, 3.63) is 94.8 Å². The van der Waals surface area contributed by atoms with E-state index in [4.69, 9.17) is 27.9 Å². The van der Waals surface area contributed by atoms with Crippen molar-refractivity contribution in [2.75, 3.05) is 0 Å². The largest absolute Gasteiger partial charge is 0.485 e. The molecule has 4 rings (SSSR count). The molecule has 0 saturated carbocycles. The van der Waals surface area contributed by atoms with Gasteiger partial charge in [0, 0.05) is 23.0 Å². The van der Waals surface area contributed by atoms with Gasteiger partial charge in [-0.05, 0) is 25.1 Å². The zero-order valence-corrected chi connectivity index (χ0v) is 17.0. The minimum atomic E-state index is 0.251. The van der Waals surface area contributed by atoms with Gasteiger partial charge in [-0.25, -0.2) is 9.67 Å². The van der Waals surface area contributed by atoms with Gasteiger partial charge < -0.3 is 9.30 Å². The molecule has 0 radical (unpaired) electrons. The topological polar surface area (TPSA) is 57.8 Å². The summed E-state index contributed by atoms with van der Waals surface area (Å²) in [6.07, 6.45) is 7.12. The van der Waals surface area contributed by atoms with Crippen molar-refractivity contribution in [3.8, 4) is 5.69 Å². The van der Waals surface area contributed by atoms with Gasteiger partial charge in [0.05, 0.1) is 28.9 Å². The van der Waals surface area contributed by atoms with Crippen LogP contribution >= 0.6 is 23.2 Å². The van der Waals surface area contributed by atoms with Crippen molar-refractivity contribution in [1.82, 2.24) is 24.5 Å². The summed E-state index contributed by atoms with van der Waals surface area (Å²) in [4.78, 5) is 4.11. The van der Waals surface area contributed by atoms with E-state index in [-0.39, 0.29) is 6.61 Å². The number of imidazole rings is 1. The molecule has 6 nitrogen and oxygen atoms in total. The Morgan fingerprint density at radius 3 is 2.66 bits per heavy atom. The summed E-state index contributed by atoms with van der Waals surface area (Å²) in [6, 6.07) is 15.1. The maximum atomic E-state index is 6.26. The highest BCUT2D eigenvalue weighted by molar-refractivity contribution is 6.35. The van der Waals surface area contributed by atoms with Crippen LogP contribution in [0.5, 0.6) is 0 Å². The lowest BCUT2D eigenvalue weighted by Crippen LogP contribution is -2.01. The fraction of sp³-hybridized carbons (Fsp3) is 0.0952. The summed E-state index contributed by atoms with van der Waals surface area (Å²) in [7, 11) is 0. The molecule has 4 aromatic rings. The third kappa shape index (κ3) is 4.34. The molecule has 0 bridgehead atoms. The lowest BCUT2D eigenvalue weighted by atomic mass is 10.1. The predicted molar refractivity (Wildman–Crippen MR) is 114 cm³/mol. The fourth-order valence-electron chi connectivity index (χ4n) is 2.86. The Bertz CT molecular complexity index is 1140. The number of nitrogens with zero attached hydrogens (tertiary/aromatic N) is 5. The van der Waals surface area contributed by atoms with Crippen molar-refractivity contribution in [3.63, 3.8) is 0 Å². The molecule has 0 N–H and O–H groups in total. The molecule has 0 aliphatic heterocycles. The smallest absolute Gasteiger partial charge is 0.146 e. The first-order chi connectivity index (χ1) is 14.1. The van der Waals surface area contributed by atoms with Crippen LogP contribution in [0.1, 0.15) is 18.2 Å². The summed E-state index contributed by atoms with van der Waals surface area (Å²) in [6.45, 7) is 2.23. The van der Waals surface area contributed by atoms with Gasteiger partial charge in [0.2, 0.25) is 0 Å². The second-order valence-electron chi connectivity index (χ2n) is 6.29. The Labute approximate surface area is 178 Å². The summed E-state index contributed by atoms with van der Waals surface area (Å²) in [5.41, 5.74) is 3.25. The summed E-state index contributed by atoms with van der Waals surface area (Å²) >= 11 is 12.2. The van der Waals surface area contributed by atoms with Gasteiger partial charge in [0.15, 0.2) is 0 Å². The molecular weight excluding hydrogens is 409 g/mol. The van der Waals surface area contributed by atoms with Crippen LogP contribution in [0.3, 0.4) is 0 Å². The molecule has 0 amide bonds. The number of hydrogen-bond acceptors (Lipinski definition) is 4. The van der Waals surface area contributed by atoms with E-state index in [0.717, 1.165) is 17.0 Å². The van der Waals surface area contributed by atoms with Crippen LogP contribution in [-0.4, -0.2) is 24.5 Å². The molecule has 2 aromatic heterocycles. The third-order valence-corrected chi connectivity index (χ3v) is 4.86. The van der Waals surface area contributed by atoms with Gasteiger partial charge in [0.1, 0.15) is 18.1 Å². The Kier molecular flexibility index (Phi) is 5.64. The van der Waals surface area contributed by atoms with Crippen molar-refractivity contribution in [2.24, 2.45) is 0 Å². The van der Waals surface area contributed by atoms with E-state index >= 15 is 0 Å². The lowest BCUT2D eigenvalue weighted by molar-refractivity contribution is 0.260. The fourth-order valence-corrected chi connectivity index (χ4v) is 3.35. The minimum Gasteiger partial charge on any atom is -0.485 e. The van der Waals surface area contributed by atoms with Crippen LogP contribution in [0.4, 0.5) is 0 Å². The van der Waals surface area contributed by atoms with Crippen LogP contribution in [-0.2, 0) is 11.3 Å². The molecule has 29 heavy (non-hydrogen) atoms. The Hall–Kier alpha value is -3.09. The first kappa shape index (κ1) is 19.2. The van der Waals surface area contributed by atoms with E-state index in [1.54, 1.807) is 41.6 Å². The third-order valence-electron chi connectivity index (χ3n) is 4.32. The molecule has 0 spiro atoms. The predicted octanol–water partition coefficient (Wildman–Crippen LogP) is 5.33. The van der Waals surface area contributed by atoms with E-state index in [9.17, 15) is 0 Å². The number of benzene rings is 2. The number of halogens is 2. The summed E-state index contributed by atoms with van der Waals surface area (Å²) < 4.78 is 9.67. The van der Waals surface area contributed by atoms with E-state index < -0.39 is 0 Å². The van der Waals surface area contributed by atoms with Gasteiger partial charge in [-0.15, -0.1) is 5.10 Å². The number of hydrogen-bond donors (Lipinski definition) is 0. The molecular formula is C21H17Cl2N5O. The van der Waals surface area contributed by atoms with E-state index in [1.807, 2.05) is 48.0 Å². The lowest BCUT2D eigenvalue weighted by Gasteiger charge is -2.14. The van der Waals surface area contributed by atoms with Crippen molar-refractivity contribution in [1.29, 1.82) is 0 Å². The van der Waals surface area contributed by atoms with Crippen LogP contribution in [0.2, 0.25) is 10.0 Å². The van der Waals surface area contributed by atoms with Crippen molar-refractivity contribution >= 4 is 34.7 Å². The Morgan fingerprint density at radius 2 is 1.93 bits per heavy atom. The van der Waals surface area contributed by atoms with Gasteiger partial charge in [-0.2, -0.15) is 0 Å². The molecule has 0 aliphatic rings. The van der Waals surface area contributed by atoms with E-state index in [2.05, 4.69) is 15.3 Å². The van der Waals surface area contributed by atoms with Crippen LogP contribution < -0.4 is 0 Å². The first-order valence-electron chi connectivity index (χ1n) is 8.86. The standard InChI is InChI=1S/C21H17Cl2N5O/c1-15(27-10-9-24-14-27)21(16-5-3-2-4-6-16)29-13-18-12-28(26-25-18)20-8-7-17(22)11-19(20)23/h2-12,14H,13H2,1H3/b21-15-. The molecule has 0 saturated heterocycles. The number of allylic oxidation sites excluding steroid dienone is 1. The SMILES string of the molecule is C/C(=C(/OCc1cn(-c2ccc(Cl)cc2Cl)nn1)c1ccccc1)n1ccnc1. The monoisotopic (exact) mass is 425 g/mol. The molecule has 2 aromatic carbocycles. The van der Waals surface area contributed by atoms with Gasteiger partial charge >= 0.3 is 0 Å². The minimum absolute atomic E-state index is 0.251.